The van der Waals surface area contributed by atoms with Crippen LogP contribution in [0.5, 0.6) is 0 Å². The van der Waals surface area contributed by atoms with Crippen LogP contribution in [-0.4, -0.2) is 23.3 Å². The monoisotopic (exact) mass is 248 g/mol. The smallest absolute Gasteiger partial charge is 0.319 e. The second-order valence-electron chi connectivity index (χ2n) is 5.02. The first-order valence-corrected chi connectivity index (χ1v) is 6.46. The lowest BCUT2D eigenvalue weighted by atomic mass is 9.85. The maximum absolute atomic E-state index is 11.8. The number of aliphatic hydroxyl groups excluding tert-OH is 1. The lowest BCUT2D eigenvalue weighted by Gasteiger charge is -2.31. The van der Waals surface area contributed by atoms with Crippen LogP contribution >= 0.6 is 0 Å². The molecule has 3 atom stereocenters. The minimum absolute atomic E-state index is 0.159. The van der Waals surface area contributed by atoms with Crippen molar-refractivity contribution in [1.82, 2.24) is 5.32 Å². The molecule has 0 aliphatic heterocycles. The zero-order valence-electron chi connectivity index (χ0n) is 10.6. The molecule has 1 aliphatic rings. The van der Waals surface area contributed by atoms with Gasteiger partial charge in [-0.25, -0.2) is 4.79 Å². The van der Waals surface area contributed by atoms with Crippen molar-refractivity contribution in [3.8, 4) is 0 Å². The van der Waals surface area contributed by atoms with Gasteiger partial charge in [-0.05, 0) is 37.3 Å². The highest BCUT2D eigenvalue weighted by atomic mass is 16.3. The summed E-state index contributed by atoms with van der Waals surface area (Å²) in [4.78, 5) is 11.8. The Morgan fingerprint density at radius 3 is 2.67 bits per heavy atom. The molecule has 2 amide bonds. The number of rotatable bonds is 2. The minimum atomic E-state index is -0.222. The van der Waals surface area contributed by atoms with Crippen molar-refractivity contribution < 1.29 is 9.90 Å². The fourth-order valence-electron chi connectivity index (χ4n) is 2.39. The van der Waals surface area contributed by atoms with E-state index in [2.05, 4.69) is 10.6 Å². The number of nitrogens with one attached hydrogen (secondary N) is 2. The molecule has 1 aliphatic carbocycles. The van der Waals surface area contributed by atoms with E-state index < -0.39 is 0 Å². The highest BCUT2D eigenvalue weighted by Crippen LogP contribution is 2.24. The van der Waals surface area contributed by atoms with Gasteiger partial charge in [-0.2, -0.15) is 0 Å². The molecule has 2 rings (SSSR count). The largest absolute Gasteiger partial charge is 0.393 e. The first-order valence-electron chi connectivity index (χ1n) is 6.46. The molecule has 0 radical (unpaired) electrons. The van der Waals surface area contributed by atoms with E-state index >= 15 is 0 Å². The molecule has 1 saturated carbocycles. The fourth-order valence-corrected chi connectivity index (χ4v) is 2.39. The number of urea groups is 1. The van der Waals surface area contributed by atoms with Crippen LogP contribution in [0.15, 0.2) is 30.3 Å². The van der Waals surface area contributed by atoms with Gasteiger partial charge in [0.15, 0.2) is 0 Å². The molecule has 1 aromatic rings. The summed E-state index contributed by atoms with van der Waals surface area (Å²) in [7, 11) is 0. The third kappa shape index (κ3) is 3.47. The Labute approximate surface area is 107 Å². The predicted octanol–water partition coefficient (Wildman–Crippen LogP) is 2.36. The van der Waals surface area contributed by atoms with Gasteiger partial charge in [-0.3, -0.25) is 0 Å². The normalized spacial score (nSPS) is 27.6. The van der Waals surface area contributed by atoms with Crippen LogP contribution in [0.4, 0.5) is 10.5 Å². The quantitative estimate of drug-likeness (QED) is 0.752. The van der Waals surface area contributed by atoms with E-state index in [0.717, 1.165) is 24.9 Å². The molecule has 0 saturated heterocycles. The van der Waals surface area contributed by atoms with Crippen LogP contribution in [0.1, 0.15) is 26.2 Å². The predicted molar refractivity (Wildman–Crippen MR) is 71.4 cm³/mol. The maximum Gasteiger partial charge on any atom is 0.319 e. The average Bonchev–Trinajstić information content (AvgIpc) is 2.35. The summed E-state index contributed by atoms with van der Waals surface area (Å²) < 4.78 is 0. The number of aliphatic hydroxyl groups is 1. The first-order chi connectivity index (χ1) is 8.65. The Bertz CT molecular complexity index is 394. The molecule has 98 valence electrons. The van der Waals surface area contributed by atoms with Crippen molar-refractivity contribution >= 4 is 11.7 Å². The van der Waals surface area contributed by atoms with Gasteiger partial charge in [-0.15, -0.1) is 0 Å². The van der Waals surface area contributed by atoms with Crippen LogP contribution in [0, 0.1) is 5.92 Å². The van der Waals surface area contributed by atoms with Crippen LogP contribution in [0.2, 0.25) is 0 Å². The molecule has 4 nitrogen and oxygen atoms in total. The van der Waals surface area contributed by atoms with Crippen molar-refractivity contribution in [1.29, 1.82) is 0 Å². The number of carbonyl (C=O) groups is 1. The summed E-state index contributed by atoms with van der Waals surface area (Å²) in [5, 5.41) is 15.4. The van der Waals surface area contributed by atoms with Crippen molar-refractivity contribution in [2.45, 2.75) is 38.3 Å². The number of hydrogen-bond donors (Lipinski definition) is 3. The number of hydrogen-bond acceptors (Lipinski definition) is 2. The van der Waals surface area contributed by atoms with Crippen LogP contribution in [0.25, 0.3) is 0 Å². The number of para-hydroxylation sites is 1. The molecule has 3 N–H and O–H groups in total. The van der Waals surface area contributed by atoms with E-state index in [1.807, 2.05) is 37.3 Å². The summed E-state index contributed by atoms with van der Waals surface area (Å²) in [6.07, 6.45) is 2.22. The summed E-state index contributed by atoms with van der Waals surface area (Å²) in [6, 6.07) is 9.37. The third-order valence-electron chi connectivity index (χ3n) is 3.49. The molecule has 0 aromatic heterocycles. The molecule has 3 unspecified atom stereocenters. The highest BCUT2D eigenvalue weighted by Gasteiger charge is 2.26. The zero-order chi connectivity index (χ0) is 13.0. The molecule has 1 fully saturated rings. The lowest BCUT2D eigenvalue weighted by molar-refractivity contribution is 0.0678. The number of anilines is 1. The number of carbonyl (C=O) groups excluding carboxylic acids is 1. The highest BCUT2D eigenvalue weighted by molar-refractivity contribution is 5.89. The number of amides is 2. The second-order valence-corrected chi connectivity index (χ2v) is 5.02. The van der Waals surface area contributed by atoms with E-state index in [0.29, 0.717) is 0 Å². The Hall–Kier alpha value is -1.55. The Morgan fingerprint density at radius 2 is 2.00 bits per heavy atom. The van der Waals surface area contributed by atoms with Gasteiger partial charge in [-0.1, -0.05) is 25.1 Å². The molecule has 18 heavy (non-hydrogen) atoms. The van der Waals surface area contributed by atoms with Crippen LogP contribution in [-0.2, 0) is 0 Å². The van der Waals surface area contributed by atoms with Gasteiger partial charge in [0.25, 0.3) is 0 Å². The van der Waals surface area contributed by atoms with Gasteiger partial charge in [0, 0.05) is 11.7 Å². The van der Waals surface area contributed by atoms with E-state index in [-0.39, 0.29) is 24.1 Å². The third-order valence-corrected chi connectivity index (χ3v) is 3.49. The van der Waals surface area contributed by atoms with Crippen molar-refractivity contribution in [2.24, 2.45) is 5.92 Å². The molecular weight excluding hydrogens is 228 g/mol. The first kappa shape index (κ1) is 12.9. The van der Waals surface area contributed by atoms with Crippen molar-refractivity contribution in [3.05, 3.63) is 30.3 Å². The molecule has 0 heterocycles. The van der Waals surface area contributed by atoms with Crippen molar-refractivity contribution in [2.75, 3.05) is 5.32 Å². The zero-order valence-corrected chi connectivity index (χ0v) is 10.6. The van der Waals surface area contributed by atoms with Gasteiger partial charge in [0.05, 0.1) is 6.10 Å². The molecule has 1 aromatic carbocycles. The topological polar surface area (TPSA) is 61.4 Å². The van der Waals surface area contributed by atoms with E-state index in [4.69, 9.17) is 0 Å². The van der Waals surface area contributed by atoms with E-state index in [1.54, 1.807) is 0 Å². The molecule has 4 heteroatoms. The Morgan fingerprint density at radius 1 is 1.28 bits per heavy atom. The van der Waals surface area contributed by atoms with Gasteiger partial charge < -0.3 is 15.7 Å². The van der Waals surface area contributed by atoms with Gasteiger partial charge in [0.1, 0.15) is 0 Å². The summed E-state index contributed by atoms with van der Waals surface area (Å²) in [6.45, 7) is 2.02. The van der Waals surface area contributed by atoms with E-state index in [9.17, 15) is 9.90 Å². The van der Waals surface area contributed by atoms with Crippen molar-refractivity contribution in [3.63, 3.8) is 0 Å². The molecular formula is C14H20N2O2. The fraction of sp³-hybridized carbons (Fsp3) is 0.500. The summed E-state index contributed by atoms with van der Waals surface area (Å²) in [5.41, 5.74) is 0.791. The van der Waals surface area contributed by atoms with Crippen LogP contribution < -0.4 is 10.6 Å². The summed E-state index contributed by atoms with van der Waals surface area (Å²) in [5.74, 6) is 0.251. The SMILES string of the molecule is CC1CC(NC(=O)Nc2ccccc2)CCC1O. The Kier molecular flexibility index (Phi) is 4.20. The molecule has 0 spiro atoms. The van der Waals surface area contributed by atoms with E-state index in [1.165, 1.54) is 0 Å². The average molecular weight is 248 g/mol. The van der Waals surface area contributed by atoms with Gasteiger partial charge in [0.2, 0.25) is 0 Å². The number of benzene rings is 1. The standard InChI is InChI=1S/C14H20N2O2/c1-10-9-12(7-8-13(10)17)16-14(18)15-11-5-3-2-4-6-11/h2-6,10,12-13,17H,7-9H2,1H3,(H2,15,16,18). The lowest BCUT2D eigenvalue weighted by Crippen LogP contribution is -2.43. The Balaban J connectivity index is 1.81. The van der Waals surface area contributed by atoms with Gasteiger partial charge >= 0.3 is 6.03 Å². The minimum Gasteiger partial charge on any atom is -0.393 e. The maximum atomic E-state index is 11.8. The summed E-state index contributed by atoms with van der Waals surface area (Å²) >= 11 is 0. The van der Waals surface area contributed by atoms with Crippen LogP contribution in [0.3, 0.4) is 0 Å². The second kappa shape index (κ2) is 5.87. The molecule has 0 bridgehead atoms.